The Balaban J connectivity index is 1.71. The molecule has 9 heteroatoms. The molecule has 0 saturated carbocycles. The van der Waals surface area contributed by atoms with Gasteiger partial charge in [0.25, 0.3) is 15.9 Å². The van der Waals surface area contributed by atoms with E-state index in [9.17, 15) is 18.3 Å². The summed E-state index contributed by atoms with van der Waals surface area (Å²) in [5.41, 5.74) is 3.41. The Kier molecular flexibility index (Phi) is 6.33. The number of nitrogens with zero attached hydrogens (tertiary/aromatic N) is 1. The molecule has 0 aromatic heterocycles. The van der Waals surface area contributed by atoms with E-state index < -0.39 is 15.9 Å². The molecule has 30 heavy (non-hydrogen) atoms. The second-order valence-corrected chi connectivity index (χ2v) is 7.84. The summed E-state index contributed by atoms with van der Waals surface area (Å²) >= 11 is 0. The molecule has 3 N–H and O–H groups in total. The van der Waals surface area contributed by atoms with Gasteiger partial charge in [0.2, 0.25) is 0 Å². The first-order valence-electron chi connectivity index (χ1n) is 8.77. The van der Waals surface area contributed by atoms with Crippen molar-refractivity contribution in [2.45, 2.75) is 4.90 Å². The number of rotatable bonds is 7. The summed E-state index contributed by atoms with van der Waals surface area (Å²) in [7, 11) is -2.38. The minimum absolute atomic E-state index is 0.0667. The van der Waals surface area contributed by atoms with Gasteiger partial charge in [0.1, 0.15) is 11.5 Å². The van der Waals surface area contributed by atoms with Gasteiger partial charge in [-0.25, -0.2) is 13.8 Å². The molecule has 0 fully saturated rings. The second-order valence-electron chi connectivity index (χ2n) is 6.16. The number of methoxy groups -OCH3 is 1. The first-order valence-corrected chi connectivity index (χ1v) is 10.2. The van der Waals surface area contributed by atoms with Crippen molar-refractivity contribution in [3.8, 4) is 11.5 Å². The average Bonchev–Trinajstić information content (AvgIpc) is 2.74. The molecule has 0 bridgehead atoms. The molecular formula is C21H19N3O5S. The predicted molar refractivity (Wildman–Crippen MR) is 113 cm³/mol. The highest BCUT2D eigenvalue weighted by Gasteiger charge is 2.16. The number of phenols is 1. The SMILES string of the molecule is COc1ccc(NS(=O)(=O)c2cccc(C(=O)NN=Cc3cccc(O)c3)c2)cc1. The van der Waals surface area contributed by atoms with E-state index in [1.54, 1.807) is 36.4 Å². The molecule has 1 amide bonds. The number of aromatic hydroxyl groups is 1. The third-order valence-electron chi connectivity index (χ3n) is 4.00. The van der Waals surface area contributed by atoms with Crippen molar-refractivity contribution in [2.24, 2.45) is 5.10 Å². The van der Waals surface area contributed by atoms with Gasteiger partial charge >= 0.3 is 0 Å². The van der Waals surface area contributed by atoms with E-state index in [1.807, 2.05) is 0 Å². The van der Waals surface area contributed by atoms with E-state index in [4.69, 9.17) is 4.74 Å². The highest BCUT2D eigenvalue weighted by Crippen LogP contribution is 2.20. The number of hydrazone groups is 1. The number of carbonyl (C=O) groups excluding carboxylic acids is 1. The molecule has 0 aliphatic heterocycles. The molecule has 3 aromatic carbocycles. The molecule has 0 unspecified atom stereocenters. The van der Waals surface area contributed by atoms with E-state index in [1.165, 1.54) is 49.7 Å². The van der Waals surface area contributed by atoms with Crippen LogP contribution in [-0.2, 0) is 10.0 Å². The van der Waals surface area contributed by atoms with Gasteiger partial charge in [-0.2, -0.15) is 5.10 Å². The maximum absolute atomic E-state index is 12.6. The number of anilines is 1. The molecule has 0 aliphatic rings. The number of benzene rings is 3. The largest absolute Gasteiger partial charge is 0.508 e. The lowest BCUT2D eigenvalue weighted by atomic mass is 10.2. The molecule has 0 atom stereocenters. The number of nitrogens with one attached hydrogen (secondary N) is 2. The summed E-state index contributed by atoms with van der Waals surface area (Å²) in [5.74, 6) is 0.100. The third-order valence-corrected chi connectivity index (χ3v) is 5.38. The smallest absolute Gasteiger partial charge is 0.271 e. The van der Waals surface area contributed by atoms with Gasteiger partial charge in [0.05, 0.1) is 18.2 Å². The van der Waals surface area contributed by atoms with Gasteiger partial charge in [-0.05, 0) is 60.2 Å². The zero-order valence-corrected chi connectivity index (χ0v) is 16.8. The van der Waals surface area contributed by atoms with E-state index in [0.29, 0.717) is 17.0 Å². The van der Waals surface area contributed by atoms with Crippen LogP contribution in [0.3, 0.4) is 0 Å². The summed E-state index contributed by atoms with van der Waals surface area (Å²) in [6.07, 6.45) is 1.36. The van der Waals surface area contributed by atoms with Crippen LogP contribution in [0.4, 0.5) is 5.69 Å². The molecule has 0 saturated heterocycles. The normalized spacial score (nSPS) is 11.2. The highest BCUT2D eigenvalue weighted by atomic mass is 32.2. The van der Waals surface area contributed by atoms with Crippen LogP contribution in [-0.4, -0.2) is 32.8 Å². The molecule has 8 nitrogen and oxygen atoms in total. The van der Waals surface area contributed by atoms with Crippen LogP contribution < -0.4 is 14.9 Å². The lowest BCUT2D eigenvalue weighted by molar-refractivity contribution is 0.0955. The van der Waals surface area contributed by atoms with Gasteiger partial charge in [-0.15, -0.1) is 0 Å². The second kappa shape index (κ2) is 9.10. The van der Waals surface area contributed by atoms with Crippen LogP contribution in [0.25, 0.3) is 0 Å². The van der Waals surface area contributed by atoms with Crippen molar-refractivity contribution in [1.29, 1.82) is 0 Å². The van der Waals surface area contributed by atoms with Crippen molar-refractivity contribution < 1.29 is 23.1 Å². The van der Waals surface area contributed by atoms with Gasteiger partial charge < -0.3 is 9.84 Å². The Labute approximate surface area is 173 Å². The van der Waals surface area contributed by atoms with Crippen molar-refractivity contribution in [3.63, 3.8) is 0 Å². The van der Waals surface area contributed by atoms with Crippen molar-refractivity contribution in [3.05, 3.63) is 83.9 Å². The summed E-state index contributed by atoms with van der Waals surface area (Å²) in [5, 5.41) is 13.2. The fraction of sp³-hybridized carbons (Fsp3) is 0.0476. The Morgan fingerprint density at radius 2 is 1.77 bits per heavy atom. The predicted octanol–water partition coefficient (Wildman–Crippen LogP) is 2.97. The minimum atomic E-state index is -3.89. The zero-order valence-electron chi connectivity index (χ0n) is 15.9. The van der Waals surface area contributed by atoms with Crippen LogP contribution in [0.15, 0.2) is 82.8 Å². The van der Waals surface area contributed by atoms with Crippen LogP contribution in [0.2, 0.25) is 0 Å². The Bertz CT molecular complexity index is 1180. The molecular weight excluding hydrogens is 406 g/mol. The monoisotopic (exact) mass is 425 g/mol. The number of sulfonamides is 1. The van der Waals surface area contributed by atoms with Crippen LogP contribution in [0.5, 0.6) is 11.5 Å². The molecule has 0 spiro atoms. The number of hydrogen-bond donors (Lipinski definition) is 3. The van der Waals surface area contributed by atoms with Crippen LogP contribution in [0, 0.1) is 0 Å². The molecule has 154 valence electrons. The summed E-state index contributed by atoms with van der Waals surface area (Å²) < 4.78 is 32.8. The zero-order chi connectivity index (χ0) is 21.6. The Morgan fingerprint density at radius 3 is 2.47 bits per heavy atom. The van der Waals surface area contributed by atoms with E-state index in [2.05, 4.69) is 15.2 Å². The quantitative estimate of drug-likeness (QED) is 0.397. The highest BCUT2D eigenvalue weighted by molar-refractivity contribution is 7.92. The van der Waals surface area contributed by atoms with Gasteiger partial charge in [0.15, 0.2) is 0 Å². The maximum atomic E-state index is 12.6. The van der Waals surface area contributed by atoms with Crippen LogP contribution in [0.1, 0.15) is 15.9 Å². The fourth-order valence-corrected chi connectivity index (χ4v) is 3.62. The first-order chi connectivity index (χ1) is 14.4. The number of amides is 1. The Morgan fingerprint density at radius 1 is 1.03 bits per heavy atom. The number of phenolic OH excluding ortho intramolecular Hbond substituents is 1. The van der Waals surface area contributed by atoms with E-state index in [0.717, 1.165) is 0 Å². The summed E-state index contributed by atoms with van der Waals surface area (Å²) in [4.78, 5) is 12.2. The minimum Gasteiger partial charge on any atom is -0.508 e. The third kappa shape index (κ3) is 5.36. The molecule has 0 heterocycles. The maximum Gasteiger partial charge on any atom is 0.271 e. The number of hydrogen-bond acceptors (Lipinski definition) is 6. The molecule has 3 aromatic rings. The first kappa shape index (κ1) is 20.9. The van der Waals surface area contributed by atoms with Gasteiger partial charge in [-0.1, -0.05) is 18.2 Å². The van der Waals surface area contributed by atoms with Crippen molar-refractivity contribution in [1.82, 2.24) is 5.43 Å². The molecule has 0 aliphatic carbocycles. The molecule has 0 radical (unpaired) electrons. The van der Waals surface area contributed by atoms with Gasteiger partial charge in [-0.3, -0.25) is 9.52 Å². The van der Waals surface area contributed by atoms with Crippen LogP contribution >= 0.6 is 0 Å². The van der Waals surface area contributed by atoms with Crippen molar-refractivity contribution in [2.75, 3.05) is 11.8 Å². The summed E-state index contributed by atoms with van der Waals surface area (Å²) in [6.45, 7) is 0. The topological polar surface area (TPSA) is 117 Å². The number of carbonyl (C=O) groups is 1. The summed E-state index contributed by atoms with van der Waals surface area (Å²) in [6, 6.07) is 18.3. The van der Waals surface area contributed by atoms with Gasteiger partial charge in [0, 0.05) is 11.3 Å². The van der Waals surface area contributed by atoms with E-state index >= 15 is 0 Å². The fourth-order valence-electron chi connectivity index (χ4n) is 2.51. The number of ether oxygens (including phenoxy) is 1. The van der Waals surface area contributed by atoms with E-state index in [-0.39, 0.29) is 16.2 Å². The molecule has 3 rings (SSSR count). The average molecular weight is 425 g/mol. The lowest BCUT2D eigenvalue weighted by Crippen LogP contribution is -2.19. The van der Waals surface area contributed by atoms with Crippen molar-refractivity contribution >= 4 is 27.8 Å². The lowest BCUT2D eigenvalue weighted by Gasteiger charge is -2.09. The standard InChI is InChI=1S/C21H19N3O5S/c1-29-19-10-8-17(9-11-19)24-30(27,28)20-7-3-5-16(13-20)21(26)23-22-14-15-4-2-6-18(25)12-15/h2-14,24-25H,1H3,(H,23,26). The Hall–Kier alpha value is -3.85.